The van der Waals surface area contributed by atoms with Crippen LogP contribution in [0.25, 0.3) is 0 Å². The molecule has 5 heteroatoms. The highest BCUT2D eigenvalue weighted by Crippen LogP contribution is 2.22. The number of carbonyl (C=O) groups is 2. The van der Waals surface area contributed by atoms with Gasteiger partial charge in [0.1, 0.15) is 5.41 Å². The SMILES string of the molecule is Cc1ccc(NC(=O)C(C)(C)C(=O)Nc2ccc(Cl)cc2)cc1. The van der Waals surface area contributed by atoms with E-state index in [-0.39, 0.29) is 11.8 Å². The van der Waals surface area contributed by atoms with Crippen molar-refractivity contribution >= 4 is 34.8 Å². The minimum absolute atomic E-state index is 0.368. The lowest BCUT2D eigenvalue weighted by Crippen LogP contribution is -2.41. The van der Waals surface area contributed by atoms with Gasteiger partial charge in [-0.1, -0.05) is 29.3 Å². The number of benzene rings is 2. The Kier molecular flexibility index (Phi) is 5.06. The number of amides is 2. The number of nitrogens with one attached hydrogen (secondary N) is 2. The standard InChI is InChI=1S/C18H19ClN2O2/c1-12-4-8-14(9-5-12)20-16(22)18(2,3)17(23)21-15-10-6-13(19)7-11-15/h4-11H,1-3H3,(H,20,22)(H,21,23). The smallest absolute Gasteiger partial charge is 0.239 e. The average Bonchev–Trinajstić information content (AvgIpc) is 2.51. The number of anilines is 2. The zero-order chi connectivity index (χ0) is 17.0. The highest BCUT2D eigenvalue weighted by Gasteiger charge is 2.36. The molecule has 2 N–H and O–H groups in total. The van der Waals surface area contributed by atoms with Crippen LogP contribution in [0.5, 0.6) is 0 Å². The van der Waals surface area contributed by atoms with Crippen LogP contribution in [0.1, 0.15) is 19.4 Å². The van der Waals surface area contributed by atoms with Gasteiger partial charge in [0, 0.05) is 16.4 Å². The third-order valence-corrected chi connectivity index (χ3v) is 3.80. The maximum Gasteiger partial charge on any atom is 0.239 e. The van der Waals surface area contributed by atoms with Crippen molar-refractivity contribution in [2.75, 3.05) is 10.6 Å². The molecule has 23 heavy (non-hydrogen) atoms. The lowest BCUT2D eigenvalue weighted by molar-refractivity contribution is -0.135. The van der Waals surface area contributed by atoms with Gasteiger partial charge in [0.05, 0.1) is 0 Å². The highest BCUT2D eigenvalue weighted by atomic mass is 35.5. The van der Waals surface area contributed by atoms with Crippen molar-refractivity contribution in [2.45, 2.75) is 20.8 Å². The minimum Gasteiger partial charge on any atom is -0.325 e. The lowest BCUT2D eigenvalue weighted by Gasteiger charge is -2.22. The first-order valence-electron chi connectivity index (χ1n) is 7.24. The summed E-state index contributed by atoms with van der Waals surface area (Å²) in [5, 5.41) is 6.07. The molecule has 0 spiro atoms. The Morgan fingerprint density at radius 3 is 1.65 bits per heavy atom. The van der Waals surface area contributed by atoms with Gasteiger partial charge in [0.25, 0.3) is 0 Å². The van der Waals surface area contributed by atoms with E-state index in [1.165, 1.54) is 0 Å². The lowest BCUT2D eigenvalue weighted by atomic mass is 9.90. The molecule has 4 nitrogen and oxygen atoms in total. The maximum atomic E-state index is 12.4. The number of aryl methyl sites for hydroxylation is 1. The molecule has 0 atom stereocenters. The van der Waals surface area contributed by atoms with Crippen LogP contribution in [0.15, 0.2) is 48.5 Å². The molecule has 0 unspecified atom stereocenters. The normalized spacial score (nSPS) is 11.0. The average molecular weight is 331 g/mol. The van der Waals surface area contributed by atoms with Crippen molar-refractivity contribution in [3.63, 3.8) is 0 Å². The quantitative estimate of drug-likeness (QED) is 0.823. The van der Waals surface area contributed by atoms with E-state index >= 15 is 0 Å². The van der Waals surface area contributed by atoms with Crippen LogP contribution in [-0.4, -0.2) is 11.8 Å². The summed E-state index contributed by atoms with van der Waals surface area (Å²) in [5.41, 5.74) is 1.14. The molecule has 2 aromatic carbocycles. The van der Waals surface area contributed by atoms with Crippen molar-refractivity contribution < 1.29 is 9.59 Å². The summed E-state index contributed by atoms with van der Waals surface area (Å²) in [4.78, 5) is 24.8. The first-order valence-corrected chi connectivity index (χ1v) is 7.62. The molecule has 2 rings (SSSR count). The predicted octanol–water partition coefficient (Wildman–Crippen LogP) is 4.25. The maximum absolute atomic E-state index is 12.4. The summed E-state index contributed by atoms with van der Waals surface area (Å²) in [6.45, 7) is 5.14. The van der Waals surface area contributed by atoms with E-state index in [1.54, 1.807) is 50.2 Å². The number of hydrogen-bond donors (Lipinski definition) is 2. The first kappa shape index (κ1) is 17.0. The highest BCUT2D eigenvalue weighted by molar-refractivity contribution is 6.30. The molecule has 0 bridgehead atoms. The fourth-order valence-electron chi connectivity index (χ4n) is 1.85. The van der Waals surface area contributed by atoms with Crippen molar-refractivity contribution in [1.82, 2.24) is 0 Å². The van der Waals surface area contributed by atoms with E-state index in [9.17, 15) is 9.59 Å². The Hall–Kier alpha value is -2.33. The molecule has 2 amide bonds. The van der Waals surface area contributed by atoms with Gasteiger partial charge in [-0.05, 0) is 57.2 Å². The number of halogens is 1. The summed E-state index contributed by atoms with van der Waals surface area (Å²) < 4.78 is 0. The van der Waals surface area contributed by atoms with Crippen molar-refractivity contribution in [3.8, 4) is 0 Å². The molecule has 0 heterocycles. The second-order valence-corrected chi connectivity index (χ2v) is 6.34. The summed E-state index contributed by atoms with van der Waals surface area (Å²) in [6, 6.07) is 14.1. The van der Waals surface area contributed by atoms with Gasteiger partial charge < -0.3 is 10.6 Å². The van der Waals surface area contributed by atoms with Gasteiger partial charge in [0.15, 0.2) is 0 Å². The van der Waals surface area contributed by atoms with Crippen LogP contribution in [0.3, 0.4) is 0 Å². The Balaban J connectivity index is 2.06. The van der Waals surface area contributed by atoms with E-state index in [0.29, 0.717) is 16.4 Å². The second-order valence-electron chi connectivity index (χ2n) is 5.91. The predicted molar refractivity (Wildman–Crippen MR) is 93.7 cm³/mol. The Bertz CT molecular complexity index is 645. The van der Waals surface area contributed by atoms with Gasteiger partial charge in [-0.3, -0.25) is 9.59 Å². The van der Waals surface area contributed by atoms with Gasteiger partial charge >= 0.3 is 0 Å². The topological polar surface area (TPSA) is 58.2 Å². The molecule has 0 radical (unpaired) electrons. The molecule has 2 aromatic rings. The third-order valence-electron chi connectivity index (χ3n) is 3.55. The number of hydrogen-bond acceptors (Lipinski definition) is 2. The van der Waals surface area contributed by atoms with Crippen LogP contribution >= 0.6 is 11.6 Å². The Morgan fingerprint density at radius 2 is 1.22 bits per heavy atom. The van der Waals surface area contributed by atoms with Gasteiger partial charge in [0.2, 0.25) is 11.8 Å². The number of carbonyl (C=O) groups excluding carboxylic acids is 2. The van der Waals surface area contributed by atoms with Crippen LogP contribution < -0.4 is 10.6 Å². The van der Waals surface area contributed by atoms with Crippen LogP contribution in [-0.2, 0) is 9.59 Å². The van der Waals surface area contributed by atoms with Crippen molar-refractivity contribution in [3.05, 3.63) is 59.1 Å². The molecule has 0 fully saturated rings. The van der Waals surface area contributed by atoms with Crippen molar-refractivity contribution in [1.29, 1.82) is 0 Å². The number of rotatable bonds is 4. The summed E-state index contributed by atoms with van der Waals surface area (Å²) in [7, 11) is 0. The van der Waals surface area contributed by atoms with Gasteiger partial charge in [-0.2, -0.15) is 0 Å². The van der Waals surface area contributed by atoms with Gasteiger partial charge in [-0.25, -0.2) is 0 Å². The molecular weight excluding hydrogens is 312 g/mol. The molecule has 0 aliphatic rings. The fourth-order valence-corrected chi connectivity index (χ4v) is 1.97. The molecule has 0 saturated heterocycles. The largest absolute Gasteiger partial charge is 0.325 e. The van der Waals surface area contributed by atoms with Crippen molar-refractivity contribution in [2.24, 2.45) is 5.41 Å². The second kappa shape index (κ2) is 6.84. The molecular formula is C18H19ClN2O2. The Labute approximate surface area is 140 Å². The summed E-state index contributed by atoms with van der Waals surface area (Å²) >= 11 is 5.81. The summed E-state index contributed by atoms with van der Waals surface area (Å²) in [5.74, 6) is -0.753. The van der Waals surface area contributed by atoms with E-state index in [2.05, 4.69) is 10.6 Å². The van der Waals surface area contributed by atoms with E-state index in [4.69, 9.17) is 11.6 Å². The molecule has 0 aliphatic carbocycles. The fraction of sp³-hybridized carbons (Fsp3) is 0.222. The van der Waals surface area contributed by atoms with Crippen LogP contribution in [0.4, 0.5) is 11.4 Å². The minimum atomic E-state index is -1.22. The Morgan fingerprint density at radius 1 is 0.826 bits per heavy atom. The molecule has 0 aromatic heterocycles. The molecule has 120 valence electrons. The van der Waals surface area contributed by atoms with E-state index < -0.39 is 5.41 Å². The molecule has 0 saturated carbocycles. The zero-order valence-corrected chi connectivity index (χ0v) is 14.1. The van der Waals surface area contributed by atoms with E-state index in [1.807, 2.05) is 19.1 Å². The van der Waals surface area contributed by atoms with Crippen LogP contribution in [0.2, 0.25) is 5.02 Å². The zero-order valence-electron chi connectivity index (χ0n) is 13.3. The van der Waals surface area contributed by atoms with E-state index in [0.717, 1.165) is 5.56 Å². The molecule has 0 aliphatic heterocycles. The monoisotopic (exact) mass is 330 g/mol. The third kappa shape index (κ3) is 4.33. The van der Waals surface area contributed by atoms with Crippen LogP contribution in [0, 0.1) is 12.3 Å². The van der Waals surface area contributed by atoms with Gasteiger partial charge in [-0.15, -0.1) is 0 Å². The first-order chi connectivity index (χ1) is 10.8. The summed E-state index contributed by atoms with van der Waals surface area (Å²) in [6.07, 6.45) is 0.